The Morgan fingerprint density at radius 2 is 2.00 bits per heavy atom. The number of sulfone groups is 1. The molecule has 1 aliphatic carbocycles. The summed E-state index contributed by atoms with van der Waals surface area (Å²) >= 11 is 0. The van der Waals surface area contributed by atoms with E-state index in [0.717, 1.165) is 37.3 Å². The van der Waals surface area contributed by atoms with Crippen LogP contribution in [0.15, 0.2) is 41.3 Å². The van der Waals surface area contributed by atoms with Crippen LogP contribution in [-0.2, 0) is 20.8 Å². The van der Waals surface area contributed by atoms with Crippen molar-refractivity contribution in [2.24, 2.45) is 0 Å². The summed E-state index contributed by atoms with van der Waals surface area (Å²) in [4.78, 5) is 12.1. The minimum absolute atomic E-state index is 0.210. The predicted octanol–water partition coefficient (Wildman–Crippen LogP) is 3.25. The Balaban J connectivity index is 2.22. The van der Waals surface area contributed by atoms with Gasteiger partial charge < -0.3 is 10.4 Å². The van der Waals surface area contributed by atoms with E-state index < -0.39 is 50.1 Å². The number of nitriles is 1. The third-order valence-electron chi connectivity index (χ3n) is 4.32. The molecular weight excluding hydrogens is 428 g/mol. The first-order chi connectivity index (χ1) is 13.6. The van der Waals surface area contributed by atoms with Gasteiger partial charge in [-0.05, 0) is 44.2 Å². The Kier molecular flexibility index (Phi) is 6.16. The highest BCUT2D eigenvalue weighted by Gasteiger charge is 2.39. The maximum atomic E-state index is 13.8. The molecule has 1 aliphatic rings. The second-order valence-electron chi connectivity index (χ2n) is 7.28. The molecule has 0 fully saturated rings. The van der Waals surface area contributed by atoms with Gasteiger partial charge in [-0.2, -0.15) is 18.4 Å². The Bertz CT molecular complexity index is 1060. The van der Waals surface area contributed by atoms with Crippen molar-refractivity contribution in [3.05, 3.63) is 52.5 Å². The number of allylic oxidation sites excluding steroid dienone is 3. The first-order valence-corrected chi connectivity index (χ1v) is 10.2. The summed E-state index contributed by atoms with van der Waals surface area (Å²) < 4.78 is 77.8. The lowest BCUT2D eigenvalue weighted by molar-refractivity contribution is -0.137. The number of carbonyl (C=O) groups excluding carboxylic acids is 1. The second-order valence-corrected chi connectivity index (χ2v) is 9.27. The van der Waals surface area contributed by atoms with Crippen LogP contribution < -0.4 is 5.32 Å². The summed E-state index contributed by atoms with van der Waals surface area (Å²) in [6, 6.07) is 3.76. The van der Waals surface area contributed by atoms with E-state index >= 15 is 0 Å². The molecule has 1 aromatic carbocycles. The molecule has 0 heterocycles. The molecule has 162 valence electrons. The third kappa shape index (κ3) is 5.46. The van der Waals surface area contributed by atoms with Crippen LogP contribution in [0.1, 0.15) is 31.4 Å². The molecule has 6 nitrogen and oxygen atoms in total. The van der Waals surface area contributed by atoms with Crippen molar-refractivity contribution in [2.75, 3.05) is 11.1 Å². The van der Waals surface area contributed by atoms with Crippen molar-refractivity contribution in [1.82, 2.24) is 0 Å². The van der Waals surface area contributed by atoms with E-state index in [4.69, 9.17) is 5.26 Å². The number of amides is 1. The lowest BCUT2D eigenvalue weighted by Crippen LogP contribution is -2.46. The van der Waals surface area contributed by atoms with Crippen LogP contribution in [0.3, 0.4) is 0 Å². The molecule has 0 spiro atoms. The molecule has 2 atom stereocenters. The van der Waals surface area contributed by atoms with Crippen LogP contribution in [0, 0.1) is 11.3 Å². The zero-order chi connectivity index (χ0) is 23.0. The average Bonchev–Trinajstić information content (AvgIpc) is 2.59. The van der Waals surface area contributed by atoms with Gasteiger partial charge in [-0.1, -0.05) is 6.08 Å². The van der Waals surface area contributed by atoms with Gasteiger partial charge in [-0.3, -0.25) is 4.79 Å². The van der Waals surface area contributed by atoms with Gasteiger partial charge in [-0.15, -0.1) is 0 Å². The standard InChI is InChI=1S/C19H18F4N2O4S/c1-17(20)7-5-14(6-8-17)30(28,29)11-18(2,27)16(26)25-13-4-3-12(10-24)15(9-13)19(21,22)23/h3-7,9,27H,8,11H2,1-2H3,(H,25,26). The molecule has 0 aliphatic heterocycles. The number of hydrogen-bond acceptors (Lipinski definition) is 5. The maximum Gasteiger partial charge on any atom is 0.417 e. The number of rotatable bonds is 5. The lowest BCUT2D eigenvalue weighted by atomic mass is 10.0. The number of halogens is 4. The topological polar surface area (TPSA) is 107 Å². The number of carbonyl (C=O) groups is 1. The van der Waals surface area contributed by atoms with Gasteiger partial charge in [-0.25, -0.2) is 12.8 Å². The number of alkyl halides is 4. The van der Waals surface area contributed by atoms with Crippen LogP contribution >= 0.6 is 0 Å². The monoisotopic (exact) mass is 446 g/mol. The lowest BCUT2D eigenvalue weighted by Gasteiger charge is -2.24. The Hall–Kier alpha value is -2.71. The highest BCUT2D eigenvalue weighted by atomic mass is 32.2. The maximum absolute atomic E-state index is 13.8. The van der Waals surface area contributed by atoms with Gasteiger partial charge in [0.1, 0.15) is 5.67 Å². The first-order valence-electron chi connectivity index (χ1n) is 8.54. The molecule has 0 saturated heterocycles. The van der Waals surface area contributed by atoms with Crippen molar-refractivity contribution in [3.63, 3.8) is 0 Å². The summed E-state index contributed by atoms with van der Waals surface area (Å²) in [5, 5.41) is 21.2. The number of benzene rings is 1. The Morgan fingerprint density at radius 1 is 1.37 bits per heavy atom. The van der Waals surface area contributed by atoms with Crippen LogP contribution in [0.2, 0.25) is 0 Å². The number of nitrogens with one attached hydrogen (secondary N) is 1. The summed E-state index contributed by atoms with van der Waals surface area (Å²) in [6.45, 7) is 2.14. The second kappa shape index (κ2) is 7.85. The molecule has 11 heteroatoms. The van der Waals surface area contributed by atoms with E-state index in [2.05, 4.69) is 0 Å². The molecule has 0 saturated carbocycles. The molecule has 0 aromatic heterocycles. The van der Waals surface area contributed by atoms with E-state index in [-0.39, 0.29) is 17.0 Å². The van der Waals surface area contributed by atoms with Crippen LogP contribution in [0.4, 0.5) is 23.2 Å². The molecule has 2 N–H and O–H groups in total. The SMILES string of the molecule is CC1(F)C=CC(S(=O)(=O)CC(C)(O)C(=O)Nc2ccc(C#N)c(C(F)(F)F)c2)=CC1. The van der Waals surface area contributed by atoms with Gasteiger partial charge in [0, 0.05) is 12.1 Å². The van der Waals surface area contributed by atoms with Crippen molar-refractivity contribution in [1.29, 1.82) is 5.26 Å². The van der Waals surface area contributed by atoms with Gasteiger partial charge >= 0.3 is 6.18 Å². The fourth-order valence-corrected chi connectivity index (χ4v) is 4.31. The molecule has 1 aromatic rings. The smallest absolute Gasteiger partial charge is 0.379 e. The van der Waals surface area contributed by atoms with Crippen molar-refractivity contribution < 1.29 is 35.9 Å². The van der Waals surface area contributed by atoms with Crippen molar-refractivity contribution >= 4 is 21.4 Å². The fraction of sp³-hybridized carbons (Fsp3) is 0.368. The number of hydrogen-bond donors (Lipinski definition) is 2. The highest BCUT2D eigenvalue weighted by molar-refractivity contribution is 7.95. The third-order valence-corrected chi connectivity index (χ3v) is 6.28. The zero-order valence-electron chi connectivity index (χ0n) is 15.9. The summed E-state index contributed by atoms with van der Waals surface area (Å²) in [7, 11) is -4.20. The molecule has 30 heavy (non-hydrogen) atoms. The van der Waals surface area contributed by atoms with E-state index in [0.29, 0.717) is 6.07 Å². The van der Waals surface area contributed by atoms with E-state index in [1.165, 1.54) is 13.0 Å². The Labute approximate surface area is 170 Å². The molecular formula is C19H18F4N2O4S. The predicted molar refractivity (Wildman–Crippen MR) is 101 cm³/mol. The first kappa shape index (κ1) is 23.6. The van der Waals surface area contributed by atoms with Gasteiger partial charge in [0.15, 0.2) is 15.4 Å². The van der Waals surface area contributed by atoms with Crippen molar-refractivity contribution in [3.8, 4) is 6.07 Å². The quantitative estimate of drug-likeness (QED) is 0.676. The number of anilines is 1. The summed E-state index contributed by atoms with van der Waals surface area (Å²) in [5.41, 5.74) is -6.55. The minimum atomic E-state index is -4.86. The van der Waals surface area contributed by atoms with Gasteiger partial charge in [0.05, 0.1) is 27.9 Å². The molecule has 0 bridgehead atoms. The van der Waals surface area contributed by atoms with E-state index in [1.54, 1.807) is 0 Å². The molecule has 1 amide bonds. The highest BCUT2D eigenvalue weighted by Crippen LogP contribution is 2.34. The van der Waals surface area contributed by atoms with Crippen LogP contribution in [0.5, 0.6) is 0 Å². The average molecular weight is 446 g/mol. The normalized spacial score (nSPS) is 21.3. The minimum Gasteiger partial charge on any atom is -0.379 e. The van der Waals surface area contributed by atoms with Crippen LogP contribution in [-0.4, -0.2) is 36.5 Å². The van der Waals surface area contributed by atoms with E-state index in [9.17, 15) is 35.9 Å². The summed E-state index contributed by atoms with van der Waals surface area (Å²) in [5.74, 6) is -2.34. The number of nitrogens with zero attached hydrogens (tertiary/aromatic N) is 1. The zero-order valence-corrected chi connectivity index (χ0v) is 16.7. The Morgan fingerprint density at radius 3 is 2.50 bits per heavy atom. The van der Waals surface area contributed by atoms with Crippen LogP contribution in [0.25, 0.3) is 0 Å². The van der Waals surface area contributed by atoms with Crippen molar-refractivity contribution in [2.45, 2.75) is 37.7 Å². The van der Waals surface area contributed by atoms with E-state index in [1.807, 2.05) is 5.32 Å². The molecule has 2 unspecified atom stereocenters. The number of aliphatic hydroxyl groups is 1. The van der Waals surface area contributed by atoms with Gasteiger partial charge in [0.2, 0.25) is 0 Å². The van der Waals surface area contributed by atoms with Gasteiger partial charge in [0.25, 0.3) is 5.91 Å². The molecule has 0 radical (unpaired) electrons. The fourth-order valence-electron chi connectivity index (χ4n) is 2.66. The largest absolute Gasteiger partial charge is 0.417 e. The molecule has 2 rings (SSSR count). The summed E-state index contributed by atoms with van der Waals surface area (Å²) in [6.07, 6.45) is -1.87.